The third-order valence-electron chi connectivity index (χ3n) is 1.70. The first kappa shape index (κ1) is 10.5. The van der Waals surface area contributed by atoms with E-state index >= 15 is 0 Å². The van der Waals surface area contributed by atoms with Crippen LogP contribution in [-0.2, 0) is 0 Å². The Morgan fingerprint density at radius 1 is 1.40 bits per heavy atom. The number of halogens is 3. The summed E-state index contributed by atoms with van der Waals surface area (Å²) >= 11 is 10.1. The molecular formula is C6H11Cl2FO. The minimum atomic E-state index is -2.58. The highest BCUT2D eigenvalue weighted by Crippen LogP contribution is 2.39. The Morgan fingerprint density at radius 2 is 1.70 bits per heavy atom. The molecule has 1 atom stereocenters. The lowest BCUT2D eigenvalue weighted by molar-refractivity contribution is -0.0427. The zero-order valence-corrected chi connectivity index (χ0v) is 7.67. The molecule has 0 amide bonds. The summed E-state index contributed by atoms with van der Waals surface area (Å²) in [7, 11) is 0. The zero-order chi connectivity index (χ0) is 8.58. The third kappa shape index (κ3) is 1.97. The SMILES string of the molecule is CC(C)C(C)(O)C(F)(Cl)Cl. The van der Waals surface area contributed by atoms with E-state index in [0.29, 0.717) is 0 Å². The van der Waals surface area contributed by atoms with Gasteiger partial charge in [-0.2, -0.15) is 0 Å². The van der Waals surface area contributed by atoms with E-state index in [9.17, 15) is 9.50 Å². The summed E-state index contributed by atoms with van der Waals surface area (Å²) in [6, 6.07) is 0. The van der Waals surface area contributed by atoms with E-state index < -0.39 is 10.2 Å². The van der Waals surface area contributed by atoms with E-state index in [0.717, 1.165) is 0 Å². The Hall–Kier alpha value is 0.470. The quantitative estimate of drug-likeness (QED) is 0.661. The Labute approximate surface area is 70.1 Å². The van der Waals surface area contributed by atoms with Gasteiger partial charge in [-0.25, -0.2) is 4.39 Å². The van der Waals surface area contributed by atoms with Gasteiger partial charge in [-0.15, -0.1) is 0 Å². The molecule has 0 aliphatic heterocycles. The molecule has 0 saturated carbocycles. The fourth-order valence-corrected chi connectivity index (χ4v) is 0.764. The average Bonchev–Trinajstić information content (AvgIpc) is 1.62. The van der Waals surface area contributed by atoms with Crippen molar-refractivity contribution in [3.8, 4) is 0 Å². The van der Waals surface area contributed by atoms with Crippen LogP contribution in [0.5, 0.6) is 0 Å². The van der Waals surface area contributed by atoms with Gasteiger partial charge in [0, 0.05) is 0 Å². The van der Waals surface area contributed by atoms with E-state index in [1.165, 1.54) is 6.92 Å². The molecule has 1 unspecified atom stereocenters. The predicted molar refractivity (Wildman–Crippen MR) is 41.0 cm³/mol. The summed E-state index contributed by atoms with van der Waals surface area (Å²) in [5.41, 5.74) is -1.70. The lowest BCUT2D eigenvalue weighted by Crippen LogP contribution is -2.45. The second-order valence-corrected chi connectivity index (χ2v) is 4.04. The van der Waals surface area contributed by atoms with Crippen molar-refractivity contribution < 1.29 is 9.50 Å². The van der Waals surface area contributed by atoms with Crippen molar-refractivity contribution in [3.63, 3.8) is 0 Å². The van der Waals surface area contributed by atoms with E-state index in [4.69, 9.17) is 23.2 Å². The van der Waals surface area contributed by atoms with Gasteiger partial charge in [0.2, 0.25) is 0 Å². The number of rotatable bonds is 2. The van der Waals surface area contributed by atoms with Crippen LogP contribution in [0.1, 0.15) is 20.8 Å². The average molecular weight is 189 g/mol. The standard InChI is InChI=1S/C6H11Cl2FO/c1-4(2)5(3,10)6(7,8)9/h4,10H,1-3H3. The Morgan fingerprint density at radius 3 is 1.70 bits per heavy atom. The van der Waals surface area contributed by atoms with Gasteiger partial charge in [0.15, 0.2) is 0 Å². The van der Waals surface area contributed by atoms with E-state index in [-0.39, 0.29) is 5.92 Å². The first-order chi connectivity index (χ1) is 4.19. The molecule has 0 fully saturated rings. The molecule has 0 saturated heterocycles. The Kier molecular flexibility index (Phi) is 2.97. The highest BCUT2D eigenvalue weighted by atomic mass is 35.5. The molecular weight excluding hydrogens is 178 g/mol. The second kappa shape index (κ2) is 2.84. The highest BCUT2D eigenvalue weighted by Gasteiger charge is 2.47. The van der Waals surface area contributed by atoms with Gasteiger partial charge in [-0.3, -0.25) is 0 Å². The molecule has 0 rings (SSSR count). The van der Waals surface area contributed by atoms with Crippen molar-refractivity contribution in [3.05, 3.63) is 0 Å². The van der Waals surface area contributed by atoms with Gasteiger partial charge in [-0.1, -0.05) is 37.0 Å². The lowest BCUT2D eigenvalue weighted by Gasteiger charge is -2.32. The van der Waals surface area contributed by atoms with E-state index in [1.54, 1.807) is 13.8 Å². The van der Waals surface area contributed by atoms with Crippen LogP contribution in [0.4, 0.5) is 4.39 Å². The molecule has 0 bridgehead atoms. The van der Waals surface area contributed by atoms with E-state index in [2.05, 4.69) is 0 Å². The van der Waals surface area contributed by atoms with Crippen molar-refractivity contribution in [2.45, 2.75) is 31.0 Å². The van der Waals surface area contributed by atoms with Crippen molar-refractivity contribution in [2.24, 2.45) is 5.92 Å². The minimum absolute atomic E-state index is 0.326. The van der Waals surface area contributed by atoms with Crippen LogP contribution in [0.25, 0.3) is 0 Å². The van der Waals surface area contributed by atoms with Crippen LogP contribution in [0.15, 0.2) is 0 Å². The Balaban J connectivity index is 4.40. The topological polar surface area (TPSA) is 20.2 Å². The van der Waals surface area contributed by atoms with Crippen LogP contribution in [0.2, 0.25) is 0 Å². The normalized spacial score (nSPS) is 19.2. The van der Waals surface area contributed by atoms with Gasteiger partial charge in [0.05, 0.1) is 0 Å². The van der Waals surface area contributed by atoms with Crippen molar-refractivity contribution in [1.29, 1.82) is 0 Å². The maximum atomic E-state index is 12.7. The van der Waals surface area contributed by atoms with Crippen LogP contribution in [-0.4, -0.2) is 15.3 Å². The molecule has 0 aromatic carbocycles. The summed E-state index contributed by atoms with van der Waals surface area (Å²) in [6.45, 7) is 4.54. The summed E-state index contributed by atoms with van der Waals surface area (Å²) < 4.78 is 10.1. The smallest absolute Gasteiger partial charge is 0.285 e. The van der Waals surface area contributed by atoms with Crippen LogP contribution < -0.4 is 0 Å². The number of hydrogen-bond acceptors (Lipinski definition) is 1. The van der Waals surface area contributed by atoms with Crippen LogP contribution in [0.3, 0.4) is 0 Å². The van der Waals surface area contributed by atoms with Gasteiger partial charge < -0.3 is 5.11 Å². The molecule has 4 heteroatoms. The molecule has 10 heavy (non-hydrogen) atoms. The van der Waals surface area contributed by atoms with Crippen molar-refractivity contribution in [2.75, 3.05) is 0 Å². The first-order valence-corrected chi connectivity index (χ1v) is 3.74. The van der Waals surface area contributed by atoms with Gasteiger partial charge in [0.1, 0.15) is 5.60 Å². The van der Waals surface area contributed by atoms with Gasteiger partial charge >= 0.3 is 0 Å². The molecule has 0 aromatic heterocycles. The molecule has 0 aliphatic carbocycles. The van der Waals surface area contributed by atoms with Crippen LogP contribution in [0, 0.1) is 5.92 Å². The second-order valence-electron chi connectivity index (χ2n) is 2.80. The van der Waals surface area contributed by atoms with Crippen molar-refractivity contribution >= 4 is 23.2 Å². The monoisotopic (exact) mass is 188 g/mol. The largest absolute Gasteiger partial charge is 0.384 e. The number of alkyl halides is 3. The molecule has 62 valence electrons. The maximum Gasteiger partial charge on any atom is 0.285 e. The third-order valence-corrected chi connectivity index (χ3v) is 2.46. The van der Waals surface area contributed by atoms with Crippen molar-refractivity contribution in [1.82, 2.24) is 0 Å². The molecule has 0 aromatic rings. The first-order valence-electron chi connectivity index (χ1n) is 2.98. The number of hydrogen-bond donors (Lipinski definition) is 1. The van der Waals surface area contributed by atoms with Crippen LogP contribution >= 0.6 is 23.2 Å². The van der Waals surface area contributed by atoms with Gasteiger partial charge in [0.25, 0.3) is 4.59 Å². The fourth-order valence-electron chi connectivity index (χ4n) is 0.327. The molecule has 1 nitrogen and oxygen atoms in total. The summed E-state index contributed by atoms with van der Waals surface area (Å²) in [5, 5.41) is 9.29. The fraction of sp³-hybridized carbons (Fsp3) is 1.00. The highest BCUT2D eigenvalue weighted by molar-refractivity contribution is 6.47. The summed E-state index contributed by atoms with van der Waals surface area (Å²) in [4.78, 5) is 0. The summed E-state index contributed by atoms with van der Waals surface area (Å²) in [6.07, 6.45) is 0. The maximum absolute atomic E-state index is 12.7. The molecule has 0 heterocycles. The lowest BCUT2D eigenvalue weighted by atomic mass is 9.94. The Bertz CT molecular complexity index is 117. The molecule has 0 radical (unpaired) electrons. The molecule has 1 N–H and O–H groups in total. The summed E-state index contributed by atoms with van der Waals surface area (Å²) in [5.74, 6) is -0.326. The minimum Gasteiger partial charge on any atom is -0.384 e. The molecule has 0 spiro atoms. The molecule has 0 aliphatic rings. The zero-order valence-electron chi connectivity index (χ0n) is 6.16. The van der Waals surface area contributed by atoms with E-state index in [1.807, 2.05) is 0 Å². The predicted octanol–water partition coefficient (Wildman–Crippen LogP) is 2.49. The number of aliphatic hydroxyl groups is 1. The van der Waals surface area contributed by atoms with Gasteiger partial charge in [-0.05, 0) is 12.8 Å².